The van der Waals surface area contributed by atoms with Gasteiger partial charge >= 0.3 is 6.09 Å². The molecule has 3 atom stereocenters. The van der Waals surface area contributed by atoms with Crippen molar-refractivity contribution in [3.8, 4) is 0 Å². The Morgan fingerprint density at radius 3 is 2.50 bits per heavy atom. The van der Waals surface area contributed by atoms with E-state index in [4.69, 9.17) is 10.5 Å². The lowest BCUT2D eigenvalue weighted by Gasteiger charge is -2.58. The fourth-order valence-electron chi connectivity index (χ4n) is 6.41. The smallest absolute Gasteiger partial charge is 0.410 e. The third-order valence-corrected chi connectivity index (χ3v) is 7.56. The van der Waals surface area contributed by atoms with Crippen LogP contribution >= 0.6 is 0 Å². The summed E-state index contributed by atoms with van der Waals surface area (Å²) in [5.41, 5.74) is 6.44. The molecule has 5 aliphatic rings. The molecule has 3 unspecified atom stereocenters. The first kappa shape index (κ1) is 17.9. The summed E-state index contributed by atoms with van der Waals surface area (Å²) in [6.45, 7) is 3.25. The zero-order valence-corrected chi connectivity index (χ0v) is 16.3. The molecule has 7 heteroatoms. The number of primary amides is 1. The number of rotatable bonds is 3. The van der Waals surface area contributed by atoms with Gasteiger partial charge in [-0.1, -0.05) is 0 Å². The van der Waals surface area contributed by atoms with Crippen LogP contribution in [0.3, 0.4) is 0 Å². The number of carbonyl (C=O) groups excluding carboxylic acids is 2. The van der Waals surface area contributed by atoms with Crippen molar-refractivity contribution >= 4 is 12.0 Å². The summed E-state index contributed by atoms with van der Waals surface area (Å²) in [5, 5.41) is 0. The van der Waals surface area contributed by atoms with Crippen molar-refractivity contribution in [2.45, 2.75) is 57.5 Å². The molecule has 4 saturated carbocycles. The summed E-state index contributed by atoms with van der Waals surface area (Å²) in [7, 11) is 0. The number of amides is 2. The lowest BCUT2D eigenvalue weighted by atomic mass is 9.48. The van der Waals surface area contributed by atoms with Crippen LogP contribution in [0.1, 0.15) is 55.8 Å². The van der Waals surface area contributed by atoms with Gasteiger partial charge in [-0.25, -0.2) is 14.8 Å². The Bertz CT molecular complexity index is 779. The largest absolute Gasteiger partial charge is 0.446 e. The normalized spacial score (nSPS) is 38.6. The van der Waals surface area contributed by atoms with Crippen LogP contribution in [-0.4, -0.2) is 46.1 Å². The van der Waals surface area contributed by atoms with E-state index in [9.17, 15) is 9.59 Å². The Morgan fingerprint density at radius 1 is 1.18 bits per heavy atom. The van der Waals surface area contributed by atoms with Gasteiger partial charge in [-0.2, -0.15) is 0 Å². The molecule has 0 aromatic carbocycles. The van der Waals surface area contributed by atoms with Gasteiger partial charge in [0.2, 0.25) is 5.91 Å². The fourth-order valence-corrected chi connectivity index (χ4v) is 6.41. The molecule has 2 heterocycles. The van der Waals surface area contributed by atoms with Gasteiger partial charge in [-0.05, 0) is 68.8 Å². The molecule has 1 saturated heterocycles. The van der Waals surface area contributed by atoms with Gasteiger partial charge < -0.3 is 15.4 Å². The number of carbonyl (C=O) groups is 2. The quantitative estimate of drug-likeness (QED) is 0.863. The average Bonchev–Trinajstić information content (AvgIpc) is 3.15. The van der Waals surface area contributed by atoms with E-state index in [1.54, 1.807) is 4.90 Å². The van der Waals surface area contributed by atoms with Crippen molar-refractivity contribution in [3.63, 3.8) is 0 Å². The van der Waals surface area contributed by atoms with Gasteiger partial charge in [0.15, 0.2) is 0 Å². The van der Waals surface area contributed by atoms with Gasteiger partial charge in [0.1, 0.15) is 11.9 Å². The third-order valence-electron chi connectivity index (χ3n) is 7.56. The van der Waals surface area contributed by atoms with Crippen LogP contribution in [0.25, 0.3) is 0 Å². The molecule has 150 valence electrons. The highest BCUT2D eigenvalue weighted by Gasteiger charge is 2.59. The van der Waals surface area contributed by atoms with Crippen LogP contribution in [0.2, 0.25) is 0 Å². The standard InChI is InChI=1S/C21H28N4O3/c1-12-9-23-18(24-10-12)14-2-3-25(11-14)20(27)28-17-15-4-13-5-16(17)8-21(6-13,7-15)19(22)26/h9-10,13-17H,2-8,11H2,1H3,(H2,22,26)/t13?,14?,15?,16?,17-,21-. The molecule has 28 heavy (non-hydrogen) atoms. The second-order valence-corrected chi connectivity index (χ2v) is 9.51. The number of hydrogen-bond donors (Lipinski definition) is 1. The number of hydrogen-bond acceptors (Lipinski definition) is 5. The molecule has 0 spiro atoms. The van der Waals surface area contributed by atoms with Gasteiger partial charge in [0, 0.05) is 31.4 Å². The van der Waals surface area contributed by atoms with Gasteiger partial charge in [0.25, 0.3) is 0 Å². The molecule has 7 nitrogen and oxygen atoms in total. The van der Waals surface area contributed by atoms with E-state index in [0.29, 0.717) is 19.0 Å². The first-order valence-electron chi connectivity index (χ1n) is 10.5. The molecule has 2 N–H and O–H groups in total. The summed E-state index contributed by atoms with van der Waals surface area (Å²) in [4.78, 5) is 35.6. The zero-order valence-electron chi connectivity index (χ0n) is 16.3. The molecular formula is C21H28N4O3. The van der Waals surface area contributed by atoms with Crippen molar-refractivity contribution in [3.05, 3.63) is 23.8 Å². The highest BCUT2D eigenvalue weighted by atomic mass is 16.6. The Morgan fingerprint density at radius 2 is 1.86 bits per heavy atom. The molecule has 4 aliphatic carbocycles. The first-order chi connectivity index (χ1) is 13.4. The Kier molecular flexibility index (Phi) is 4.10. The first-order valence-corrected chi connectivity index (χ1v) is 10.5. The number of aryl methyl sites for hydroxylation is 1. The van der Waals surface area contributed by atoms with E-state index >= 15 is 0 Å². The molecule has 4 bridgehead atoms. The summed E-state index contributed by atoms with van der Waals surface area (Å²) in [6.07, 6.45) is 8.85. The maximum atomic E-state index is 12.9. The number of aromatic nitrogens is 2. The van der Waals surface area contributed by atoms with Crippen LogP contribution in [-0.2, 0) is 9.53 Å². The van der Waals surface area contributed by atoms with Crippen LogP contribution in [0.4, 0.5) is 4.79 Å². The van der Waals surface area contributed by atoms with E-state index < -0.39 is 0 Å². The van der Waals surface area contributed by atoms with Crippen molar-refractivity contribution < 1.29 is 14.3 Å². The summed E-state index contributed by atoms with van der Waals surface area (Å²) in [6, 6.07) is 0. The van der Waals surface area contributed by atoms with Gasteiger partial charge in [-0.15, -0.1) is 0 Å². The minimum Gasteiger partial charge on any atom is -0.446 e. The lowest BCUT2D eigenvalue weighted by Crippen LogP contribution is -2.59. The fraction of sp³-hybridized carbons (Fsp3) is 0.714. The SMILES string of the molecule is Cc1cnc(C2CCN(C(=O)O[C@H]3C4CC5CC3C[C@](C(N)=O)(C5)C4)C2)nc1. The second-order valence-electron chi connectivity index (χ2n) is 9.51. The maximum Gasteiger partial charge on any atom is 0.410 e. The number of nitrogens with two attached hydrogens (primary N) is 1. The molecule has 2 amide bonds. The molecular weight excluding hydrogens is 356 g/mol. The van der Waals surface area contributed by atoms with Crippen molar-refractivity contribution in [2.24, 2.45) is 28.9 Å². The van der Waals surface area contributed by atoms with E-state index in [0.717, 1.165) is 49.9 Å². The Labute approximate surface area is 165 Å². The molecule has 1 aliphatic heterocycles. The van der Waals surface area contributed by atoms with E-state index in [2.05, 4.69) is 9.97 Å². The number of likely N-dealkylation sites (tertiary alicyclic amines) is 1. The number of nitrogens with zero attached hydrogens (tertiary/aromatic N) is 3. The second kappa shape index (κ2) is 6.42. The topological polar surface area (TPSA) is 98.4 Å². The Balaban J connectivity index is 1.23. The van der Waals surface area contributed by atoms with Crippen LogP contribution < -0.4 is 5.73 Å². The molecule has 5 fully saturated rings. The van der Waals surface area contributed by atoms with E-state index in [1.807, 2.05) is 19.3 Å². The predicted molar refractivity (Wildman–Crippen MR) is 101 cm³/mol. The van der Waals surface area contributed by atoms with Crippen LogP contribution in [0, 0.1) is 30.1 Å². The van der Waals surface area contributed by atoms with Crippen molar-refractivity contribution in [2.75, 3.05) is 13.1 Å². The Hall–Kier alpha value is -2.18. The van der Waals surface area contributed by atoms with Gasteiger partial charge in [0.05, 0.1) is 5.41 Å². The average molecular weight is 384 g/mol. The summed E-state index contributed by atoms with van der Waals surface area (Å²) >= 11 is 0. The monoisotopic (exact) mass is 384 g/mol. The van der Waals surface area contributed by atoms with Crippen molar-refractivity contribution in [1.82, 2.24) is 14.9 Å². The number of ether oxygens (including phenoxy) is 1. The summed E-state index contributed by atoms with van der Waals surface area (Å²) in [5.74, 6) is 1.94. The molecule has 1 aromatic heterocycles. The minimum absolute atomic E-state index is 0.0637. The van der Waals surface area contributed by atoms with Crippen LogP contribution in [0.15, 0.2) is 12.4 Å². The zero-order chi connectivity index (χ0) is 19.5. The van der Waals surface area contributed by atoms with Crippen molar-refractivity contribution in [1.29, 1.82) is 0 Å². The van der Waals surface area contributed by atoms with E-state index in [-0.39, 0.29) is 41.3 Å². The van der Waals surface area contributed by atoms with E-state index in [1.165, 1.54) is 0 Å². The third kappa shape index (κ3) is 2.86. The minimum atomic E-state index is -0.346. The lowest BCUT2D eigenvalue weighted by molar-refractivity contribution is -0.161. The molecule has 0 radical (unpaired) electrons. The highest BCUT2D eigenvalue weighted by Crippen LogP contribution is 2.60. The van der Waals surface area contributed by atoms with Gasteiger partial charge in [-0.3, -0.25) is 4.79 Å². The maximum absolute atomic E-state index is 12.9. The highest BCUT2D eigenvalue weighted by molar-refractivity contribution is 5.81. The van der Waals surface area contributed by atoms with Crippen LogP contribution in [0.5, 0.6) is 0 Å². The molecule has 6 rings (SSSR count). The predicted octanol–water partition coefficient (Wildman–Crippen LogP) is 2.39. The summed E-state index contributed by atoms with van der Waals surface area (Å²) < 4.78 is 6.03. The molecule has 1 aromatic rings.